The first kappa shape index (κ1) is 14.1. The molecule has 3 rings (SSSR count). The summed E-state index contributed by atoms with van der Waals surface area (Å²) in [5.41, 5.74) is 3.60. The van der Waals surface area contributed by atoms with Gasteiger partial charge in [0.1, 0.15) is 0 Å². The van der Waals surface area contributed by atoms with Crippen molar-refractivity contribution in [2.24, 2.45) is 11.8 Å². The van der Waals surface area contributed by atoms with Gasteiger partial charge in [-0.2, -0.15) is 0 Å². The Labute approximate surface area is 129 Å². The van der Waals surface area contributed by atoms with Gasteiger partial charge in [0.2, 0.25) is 5.91 Å². The molecule has 108 valence electrons. The monoisotopic (exact) mass is 335 g/mol. The zero-order valence-electron chi connectivity index (χ0n) is 12.2. The first-order chi connectivity index (χ1) is 9.56. The van der Waals surface area contributed by atoms with Crippen LogP contribution in [0.25, 0.3) is 0 Å². The number of nitrogens with zero attached hydrogens (tertiary/aromatic N) is 1. The third-order valence-corrected chi connectivity index (χ3v) is 6.25. The number of alkyl halides is 1. The highest BCUT2D eigenvalue weighted by Gasteiger charge is 2.28. The number of carbonyl (C=O) groups is 1. The highest BCUT2D eigenvalue weighted by atomic mass is 79.9. The molecule has 1 aliphatic carbocycles. The average molecular weight is 336 g/mol. The van der Waals surface area contributed by atoms with Crippen molar-refractivity contribution in [2.75, 3.05) is 11.9 Å². The Kier molecular flexibility index (Phi) is 3.89. The molecular formula is C17H22BrNO. The molecular weight excluding hydrogens is 314 g/mol. The molecule has 1 atom stereocenters. The molecule has 3 heteroatoms. The highest BCUT2D eigenvalue weighted by molar-refractivity contribution is 9.09. The van der Waals surface area contributed by atoms with Crippen LogP contribution in [0.5, 0.6) is 0 Å². The molecule has 1 saturated carbocycles. The maximum absolute atomic E-state index is 11.8. The summed E-state index contributed by atoms with van der Waals surface area (Å²) in [6, 6.07) is 6.52. The zero-order chi connectivity index (χ0) is 14.3. The van der Waals surface area contributed by atoms with E-state index in [9.17, 15) is 4.79 Å². The van der Waals surface area contributed by atoms with Crippen molar-refractivity contribution >= 4 is 27.5 Å². The summed E-state index contributed by atoms with van der Waals surface area (Å²) in [6.45, 7) is 2.36. The van der Waals surface area contributed by atoms with E-state index >= 15 is 0 Å². The molecule has 0 bridgehead atoms. The second-order valence-corrected chi connectivity index (χ2v) is 7.43. The lowest BCUT2D eigenvalue weighted by atomic mass is 9.80. The van der Waals surface area contributed by atoms with Crippen molar-refractivity contribution in [1.29, 1.82) is 0 Å². The van der Waals surface area contributed by atoms with Gasteiger partial charge < -0.3 is 4.90 Å². The third-order valence-electron chi connectivity index (χ3n) is 4.97. The Morgan fingerprint density at radius 1 is 1.25 bits per heavy atom. The summed E-state index contributed by atoms with van der Waals surface area (Å²) in [5, 5.41) is 0. The van der Waals surface area contributed by atoms with Gasteiger partial charge in [-0.25, -0.2) is 0 Å². The average Bonchev–Trinajstić information content (AvgIpc) is 2.74. The molecule has 1 unspecified atom stereocenters. The van der Waals surface area contributed by atoms with E-state index in [0.29, 0.717) is 11.2 Å². The van der Waals surface area contributed by atoms with E-state index in [0.717, 1.165) is 17.5 Å². The quantitative estimate of drug-likeness (QED) is 0.730. The Bertz CT molecular complexity index is 520. The van der Waals surface area contributed by atoms with Crippen LogP contribution in [0, 0.1) is 11.8 Å². The number of hydrogen-bond donors (Lipinski definition) is 0. The number of hydrogen-bond acceptors (Lipinski definition) is 1. The smallest absolute Gasteiger partial charge is 0.231 e. The van der Waals surface area contributed by atoms with Crippen molar-refractivity contribution in [3.8, 4) is 0 Å². The molecule has 1 fully saturated rings. The Morgan fingerprint density at radius 3 is 2.65 bits per heavy atom. The number of benzene rings is 1. The van der Waals surface area contributed by atoms with Crippen LogP contribution in [-0.4, -0.2) is 13.0 Å². The van der Waals surface area contributed by atoms with Gasteiger partial charge in [0.15, 0.2) is 0 Å². The highest BCUT2D eigenvalue weighted by Crippen LogP contribution is 2.43. The fourth-order valence-electron chi connectivity index (χ4n) is 3.51. The predicted molar refractivity (Wildman–Crippen MR) is 86.3 cm³/mol. The minimum absolute atomic E-state index is 0.203. The lowest BCUT2D eigenvalue weighted by molar-refractivity contribution is -0.117. The van der Waals surface area contributed by atoms with Crippen LogP contribution in [0.2, 0.25) is 0 Å². The van der Waals surface area contributed by atoms with Gasteiger partial charge in [0.25, 0.3) is 0 Å². The van der Waals surface area contributed by atoms with Crippen LogP contribution in [0.4, 0.5) is 5.69 Å². The molecule has 0 saturated heterocycles. The van der Waals surface area contributed by atoms with E-state index in [1.165, 1.54) is 36.8 Å². The van der Waals surface area contributed by atoms with Crippen molar-refractivity contribution in [2.45, 2.75) is 43.9 Å². The maximum Gasteiger partial charge on any atom is 0.231 e. The second kappa shape index (κ2) is 5.51. The molecule has 0 radical (unpaired) electrons. The van der Waals surface area contributed by atoms with Crippen LogP contribution in [0.1, 0.15) is 48.6 Å². The second-order valence-electron chi connectivity index (χ2n) is 6.44. The molecule has 1 amide bonds. The third kappa shape index (κ3) is 2.52. The van der Waals surface area contributed by atoms with Crippen molar-refractivity contribution < 1.29 is 4.79 Å². The summed E-state index contributed by atoms with van der Waals surface area (Å²) < 4.78 is 0. The van der Waals surface area contributed by atoms with Gasteiger partial charge in [-0.1, -0.05) is 47.8 Å². The van der Waals surface area contributed by atoms with Gasteiger partial charge >= 0.3 is 0 Å². The van der Waals surface area contributed by atoms with E-state index in [-0.39, 0.29) is 5.91 Å². The Morgan fingerprint density at radius 2 is 1.95 bits per heavy atom. The van der Waals surface area contributed by atoms with Crippen LogP contribution < -0.4 is 4.90 Å². The predicted octanol–water partition coefficient (Wildman–Crippen LogP) is 4.47. The van der Waals surface area contributed by atoms with E-state index in [1.54, 1.807) is 4.90 Å². The van der Waals surface area contributed by atoms with Crippen LogP contribution in [0.3, 0.4) is 0 Å². The summed E-state index contributed by atoms with van der Waals surface area (Å²) in [5.74, 6) is 1.83. The lowest BCUT2D eigenvalue weighted by Crippen LogP contribution is -2.20. The van der Waals surface area contributed by atoms with Crippen molar-refractivity contribution in [3.63, 3.8) is 0 Å². The molecule has 1 aromatic carbocycles. The van der Waals surface area contributed by atoms with Gasteiger partial charge in [-0.3, -0.25) is 4.79 Å². The minimum Gasteiger partial charge on any atom is -0.315 e. The molecule has 1 heterocycles. The maximum atomic E-state index is 11.8. The molecule has 2 nitrogen and oxygen atoms in total. The normalized spacial score (nSPS) is 27.6. The van der Waals surface area contributed by atoms with Crippen molar-refractivity contribution in [1.82, 2.24) is 0 Å². The van der Waals surface area contributed by atoms with Gasteiger partial charge in [-0.05, 0) is 41.9 Å². The number of halogens is 1. The molecule has 2 aliphatic rings. The number of rotatable bonds is 2. The van der Waals surface area contributed by atoms with Gasteiger partial charge in [0, 0.05) is 17.6 Å². The molecule has 0 spiro atoms. The first-order valence-electron chi connectivity index (χ1n) is 7.59. The standard InChI is InChI=1S/C17H22BrNO/c1-11-3-5-12(6-4-11)17(18)13-7-8-15-14(9-13)10-16(20)19(15)2/h7-9,11-12,17H,3-6,10H2,1-2H3. The number of anilines is 1. The first-order valence-corrected chi connectivity index (χ1v) is 8.51. The largest absolute Gasteiger partial charge is 0.315 e. The number of likely N-dealkylation sites (N-methyl/N-ethyl adjacent to an activating group) is 1. The SMILES string of the molecule is CC1CCC(C(Br)c2ccc3c(c2)CC(=O)N3C)CC1. The summed E-state index contributed by atoms with van der Waals surface area (Å²) in [7, 11) is 1.86. The number of carbonyl (C=O) groups excluding carboxylic acids is 1. The van der Waals surface area contributed by atoms with Crippen molar-refractivity contribution in [3.05, 3.63) is 29.3 Å². The van der Waals surface area contributed by atoms with E-state index in [4.69, 9.17) is 0 Å². The Hall–Kier alpha value is -0.830. The molecule has 20 heavy (non-hydrogen) atoms. The van der Waals surface area contributed by atoms with Crippen LogP contribution >= 0.6 is 15.9 Å². The molecule has 0 N–H and O–H groups in total. The van der Waals surface area contributed by atoms with E-state index in [2.05, 4.69) is 41.1 Å². The summed E-state index contributed by atoms with van der Waals surface area (Å²) in [4.78, 5) is 14.0. The minimum atomic E-state index is 0.203. The zero-order valence-corrected chi connectivity index (χ0v) is 13.8. The molecule has 0 aromatic heterocycles. The van der Waals surface area contributed by atoms with E-state index in [1.807, 2.05) is 7.05 Å². The Balaban J connectivity index is 1.78. The fourth-order valence-corrected chi connectivity index (χ4v) is 4.33. The van der Waals surface area contributed by atoms with Gasteiger partial charge in [-0.15, -0.1) is 0 Å². The van der Waals surface area contributed by atoms with Crippen LogP contribution in [-0.2, 0) is 11.2 Å². The number of amides is 1. The molecule has 1 aliphatic heterocycles. The lowest BCUT2D eigenvalue weighted by Gasteiger charge is -2.30. The van der Waals surface area contributed by atoms with E-state index < -0.39 is 0 Å². The topological polar surface area (TPSA) is 20.3 Å². The van der Waals surface area contributed by atoms with Crippen LogP contribution in [0.15, 0.2) is 18.2 Å². The summed E-state index contributed by atoms with van der Waals surface area (Å²) >= 11 is 3.91. The number of fused-ring (bicyclic) bond motifs is 1. The van der Waals surface area contributed by atoms with Gasteiger partial charge in [0.05, 0.1) is 6.42 Å². The summed E-state index contributed by atoms with van der Waals surface area (Å²) in [6.07, 6.45) is 5.87. The molecule has 1 aromatic rings. The fraction of sp³-hybridized carbons (Fsp3) is 0.588.